The van der Waals surface area contributed by atoms with Gasteiger partial charge in [0.2, 0.25) is 0 Å². The first kappa shape index (κ1) is 25.5. The predicted octanol–water partition coefficient (Wildman–Crippen LogP) is 6.83. The Kier molecular flexibility index (Phi) is 6.96. The summed E-state index contributed by atoms with van der Waals surface area (Å²) in [5.41, 5.74) is 3.70. The summed E-state index contributed by atoms with van der Waals surface area (Å²) >= 11 is 6.20. The predicted molar refractivity (Wildman–Crippen MR) is 144 cm³/mol. The van der Waals surface area contributed by atoms with E-state index in [0.29, 0.717) is 22.0 Å². The molecule has 1 saturated heterocycles. The van der Waals surface area contributed by atoms with Crippen molar-refractivity contribution in [2.24, 2.45) is 0 Å². The van der Waals surface area contributed by atoms with Crippen molar-refractivity contribution in [3.05, 3.63) is 99.6 Å². The third-order valence-corrected chi connectivity index (χ3v) is 6.81. The van der Waals surface area contributed by atoms with E-state index in [1.807, 2.05) is 48.5 Å². The smallest absolute Gasteiger partial charge is 0.300 e. The number of ether oxygens (including phenoxy) is 1. The molecule has 1 aliphatic rings. The molecule has 1 unspecified atom stereocenters. The zero-order chi connectivity index (χ0) is 26.2. The minimum Gasteiger partial charge on any atom is -0.507 e. The molecule has 4 rings (SSSR count). The molecular weight excluding hydrogens is 474 g/mol. The van der Waals surface area contributed by atoms with Gasteiger partial charge in [-0.2, -0.15) is 0 Å². The Morgan fingerprint density at radius 2 is 1.64 bits per heavy atom. The third-order valence-electron chi connectivity index (χ3n) is 6.58. The molecule has 1 fully saturated rings. The summed E-state index contributed by atoms with van der Waals surface area (Å²) < 4.78 is 5.41. The molecule has 0 saturated carbocycles. The highest BCUT2D eigenvalue weighted by Gasteiger charge is 2.47. The number of halogens is 1. The number of rotatable bonds is 5. The second kappa shape index (κ2) is 9.82. The molecule has 3 aromatic rings. The van der Waals surface area contributed by atoms with E-state index in [1.54, 1.807) is 12.1 Å². The zero-order valence-corrected chi connectivity index (χ0v) is 21.9. The molecule has 36 heavy (non-hydrogen) atoms. The largest absolute Gasteiger partial charge is 0.507 e. The van der Waals surface area contributed by atoms with Crippen molar-refractivity contribution in [1.29, 1.82) is 0 Å². The van der Waals surface area contributed by atoms with Crippen molar-refractivity contribution < 1.29 is 19.4 Å². The molecule has 1 atom stereocenters. The van der Waals surface area contributed by atoms with Crippen LogP contribution in [0.1, 0.15) is 56.0 Å². The van der Waals surface area contributed by atoms with Crippen LogP contribution in [0.5, 0.6) is 5.75 Å². The first-order valence-electron chi connectivity index (χ1n) is 11.9. The SMILES string of the molecule is CCc1ccc(C2/C(=C(\O)c3cc(Cl)ccc3OC)C(=O)C(=O)N2c2ccc(C(C)(C)C)cc2)cc1. The molecule has 0 spiro atoms. The Morgan fingerprint density at radius 3 is 2.19 bits per heavy atom. The van der Waals surface area contributed by atoms with Gasteiger partial charge in [0.1, 0.15) is 11.5 Å². The maximum atomic E-state index is 13.4. The molecule has 1 aliphatic heterocycles. The third kappa shape index (κ3) is 4.63. The monoisotopic (exact) mass is 503 g/mol. The number of Topliss-reactive ketones (excluding diaryl/α,β-unsaturated/α-hetero) is 1. The van der Waals surface area contributed by atoms with Crippen LogP contribution in [-0.4, -0.2) is 23.9 Å². The van der Waals surface area contributed by atoms with Crippen molar-refractivity contribution in [2.45, 2.75) is 45.6 Å². The maximum Gasteiger partial charge on any atom is 0.300 e. The Bertz CT molecular complexity index is 1330. The van der Waals surface area contributed by atoms with Crippen molar-refractivity contribution >= 4 is 34.7 Å². The molecule has 0 bridgehead atoms. The van der Waals surface area contributed by atoms with Gasteiger partial charge in [0.25, 0.3) is 11.7 Å². The Hall–Kier alpha value is -3.57. The lowest BCUT2D eigenvalue weighted by molar-refractivity contribution is -0.132. The Labute approximate surface area is 217 Å². The fraction of sp³-hybridized carbons (Fsp3) is 0.267. The summed E-state index contributed by atoms with van der Waals surface area (Å²) in [5.74, 6) is -1.45. The number of aryl methyl sites for hydroxylation is 1. The molecule has 3 aromatic carbocycles. The second-order valence-corrected chi connectivity index (χ2v) is 10.3. The molecule has 1 amide bonds. The molecule has 0 aliphatic carbocycles. The maximum absolute atomic E-state index is 13.4. The number of methoxy groups -OCH3 is 1. The minimum absolute atomic E-state index is 0.00952. The number of ketones is 1. The average molecular weight is 504 g/mol. The number of aliphatic hydroxyl groups excluding tert-OH is 1. The highest BCUT2D eigenvalue weighted by molar-refractivity contribution is 6.51. The summed E-state index contributed by atoms with van der Waals surface area (Å²) in [6, 6.07) is 19.3. The molecule has 186 valence electrons. The number of amides is 1. The van der Waals surface area contributed by atoms with E-state index < -0.39 is 17.7 Å². The van der Waals surface area contributed by atoms with Crippen LogP contribution < -0.4 is 9.64 Å². The van der Waals surface area contributed by atoms with Gasteiger partial charge in [-0.1, -0.05) is 75.7 Å². The van der Waals surface area contributed by atoms with Gasteiger partial charge in [0.05, 0.1) is 24.3 Å². The minimum atomic E-state index is -0.819. The number of carbonyl (C=O) groups excluding carboxylic acids is 2. The van der Waals surface area contributed by atoms with Gasteiger partial charge in [0, 0.05) is 10.7 Å². The fourth-order valence-corrected chi connectivity index (χ4v) is 4.65. The van der Waals surface area contributed by atoms with E-state index in [4.69, 9.17) is 16.3 Å². The molecule has 6 heteroatoms. The normalized spacial score (nSPS) is 17.5. The van der Waals surface area contributed by atoms with Crippen LogP contribution in [0.4, 0.5) is 5.69 Å². The highest BCUT2D eigenvalue weighted by Crippen LogP contribution is 2.44. The summed E-state index contributed by atoms with van der Waals surface area (Å²) in [6.07, 6.45) is 0.856. The van der Waals surface area contributed by atoms with Gasteiger partial charge in [-0.05, 0) is 58.9 Å². The molecule has 5 nitrogen and oxygen atoms in total. The van der Waals surface area contributed by atoms with Crippen LogP contribution in [0, 0.1) is 0 Å². The highest BCUT2D eigenvalue weighted by atomic mass is 35.5. The van der Waals surface area contributed by atoms with Crippen LogP contribution in [0.3, 0.4) is 0 Å². The van der Waals surface area contributed by atoms with E-state index in [9.17, 15) is 14.7 Å². The number of benzene rings is 3. The van der Waals surface area contributed by atoms with Gasteiger partial charge in [-0.3, -0.25) is 14.5 Å². The number of carbonyl (C=O) groups is 2. The van der Waals surface area contributed by atoms with Gasteiger partial charge >= 0.3 is 0 Å². The first-order valence-corrected chi connectivity index (χ1v) is 12.3. The molecule has 0 aromatic heterocycles. The summed E-state index contributed by atoms with van der Waals surface area (Å²) in [6.45, 7) is 8.40. The van der Waals surface area contributed by atoms with Gasteiger partial charge in [0.15, 0.2) is 0 Å². The molecule has 1 N–H and O–H groups in total. The van der Waals surface area contributed by atoms with E-state index >= 15 is 0 Å². The van der Waals surface area contributed by atoms with Crippen molar-refractivity contribution in [2.75, 3.05) is 12.0 Å². The van der Waals surface area contributed by atoms with Crippen LogP contribution in [0.2, 0.25) is 5.02 Å². The van der Waals surface area contributed by atoms with Crippen LogP contribution in [-0.2, 0) is 21.4 Å². The van der Waals surface area contributed by atoms with E-state index in [0.717, 1.165) is 17.5 Å². The van der Waals surface area contributed by atoms with Gasteiger partial charge < -0.3 is 9.84 Å². The summed E-state index contributed by atoms with van der Waals surface area (Å²) in [7, 11) is 1.47. The standard InChI is InChI=1S/C30H30ClNO4/c1-6-18-7-9-19(10-8-18)26-25(27(33)23-17-21(31)13-16-24(23)36-5)28(34)29(35)32(26)22-14-11-20(12-15-22)30(2,3)4/h7-17,26,33H,6H2,1-5H3/b27-25+. The quantitative estimate of drug-likeness (QED) is 0.235. The Balaban J connectivity index is 1.94. The van der Waals surface area contributed by atoms with Gasteiger partial charge in [-0.25, -0.2) is 0 Å². The van der Waals surface area contributed by atoms with Crippen molar-refractivity contribution in [3.63, 3.8) is 0 Å². The topological polar surface area (TPSA) is 66.8 Å². The van der Waals surface area contributed by atoms with Crippen LogP contribution in [0.25, 0.3) is 5.76 Å². The average Bonchev–Trinajstić information content (AvgIpc) is 3.13. The lowest BCUT2D eigenvalue weighted by atomic mass is 9.87. The lowest BCUT2D eigenvalue weighted by Crippen LogP contribution is -2.29. The fourth-order valence-electron chi connectivity index (χ4n) is 4.48. The second-order valence-electron chi connectivity index (χ2n) is 9.91. The van der Waals surface area contributed by atoms with Crippen molar-refractivity contribution in [3.8, 4) is 5.75 Å². The van der Waals surface area contributed by atoms with E-state index in [-0.39, 0.29) is 22.3 Å². The number of hydrogen-bond donors (Lipinski definition) is 1. The molecule has 0 radical (unpaired) electrons. The number of aliphatic hydroxyl groups is 1. The molecule has 1 heterocycles. The number of hydrogen-bond acceptors (Lipinski definition) is 4. The van der Waals surface area contributed by atoms with Gasteiger partial charge in [-0.15, -0.1) is 0 Å². The number of nitrogens with zero attached hydrogens (tertiary/aromatic N) is 1. The summed E-state index contributed by atoms with van der Waals surface area (Å²) in [4.78, 5) is 28.3. The van der Waals surface area contributed by atoms with E-state index in [1.165, 1.54) is 18.1 Å². The van der Waals surface area contributed by atoms with E-state index in [2.05, 4.69) is 27.7 Å². The molecular formula is C30H30ClNO4. The Morgan fingerprint density at radius 1 is 1.00 bits per heavy atom. The van der Waals surface area contributed by atoms with Crippen molar-refractivity contribution in [1.82, 2.24) is 0 Å². The zero-order valence-electron chi connectivity index (χ0n) is 21.1. The van der Waals surface area contributed by atoms with Crippen LogP contribution in [0.15, 0.2) is 72.3 Å². The first-order chi connectivity index (χ1) is 17.1. The lowest BCUT2D eigenvalue weighted by Gasteiger charge is -2.27. The number of anilines is 1. The summed E-state index contributed by atoms with van der Waals surface area (Å²) in [5, 5.41) is 11.8. The van der Waals surface area contributed by atoms with Crippen LogP contribution >= 0.6 is 11.6 Å².